The molecule has 104 valence electrons. The van der Waals surface area contributed by atoms with Gasteiger partial charge >= 0.3 is 0 Å². The van der Waals surface area contributed by atoms with E-state index >= 15 is 0 Å². The van der Waals surface area contributed by atoms with Crippen LogP contribution in [0.2, 0.25) is 5.02 Å². The molecular formula is C15H14ClFN2O. The van der Waals surface area contributed by atoms with Gasteiger partial charge in [-0.2, -0.15) is 0 Å². The minimum Gasteiger partial charge on any atom is -0.397 e. The molecule has 2 aromatic carbocycles. The minimum atomic E-state index is -0.632. The van der Waals surface area contributed by atoms with Gasteiger partial charge in [0, 0.05) is 5.56 Å². The molecule has 0 heterocycles. The first-order valence-corrected chi connectivity index (χ1v) is 6.39. The highest BCUT2D eigenvalue weighted by Crippen LogP contribution is 2.24. The lowest BCUT2D eigenvalue weighted by Gasteiger charge is -2.11. The molecule has 0 aliphatic rings. The number of carbonyl (C=O) groups is 1. The zero-order valence-corrected chi connectivity index (χ0v) is 11.9. The Morgan fingerprint density at radius 1 is 1.20 bits per heavy atom. The van der Waals surface area contributed by atoms with E-state index in [1.165, 1.54) is 12.1 Å². The molecule has 0 aromatic heterocycles. The summed E-state index contributed by atoms with van der Waals surface area (Å²) in [5.41, 5.74) is 9.07. The fourth-order valence-electron chi connectivity index (χ4n) is 1.78. The molecule has 0 aliphatic heterocycles. The van der Waals surface area contributed by atoms with Crippen molar-refractivity contribution in [2.45, 2.75) is 13.8 Å². The van der Waals surface area contributed by atoms with Gasteiger partial charge in [-0.05, 0) is 55.3 Å². The van der Waals surface area contributed by atoms with Crippen LogP contribution in [-0.4, -0.2) is 5.91 Å². The van der Waals surface area contributed by atoms with Gasteiger partial charge in [0.25, 0.3) is 5.91 Å². The molecule has 0 spiro atoms. The van der Waals surface area contributed by atoms with Crippen molar-refractivity contribution in [2.75, 3.05) is 11.1 Å². The molecular weight excluding hydrogens is 279 g/mol. The van der Waals surface area contributed by atoms with E-state index in [1.54, 1.807) is 12.1 Å². The first kappa shape index (κ1) is 14.3. The van der Waals surface area contributed by atoms with Gasteiger partial charge in [-0.25, -0.2) is 4.39 Å². The van der Waals surface area contributed by atoms with Gasteiger partial charge in [0.2, 0.25) is 0 Å². The lowest BCUT2D eigenvalue weighted by atomic mass is 10.1. The van der Waals surface area contributed by atoms with Crippen LogP contribution in [0.5, 0.6) is 0 Å². The van der Waals surface area contributed by atoms with Crippen LogP contribution < -0.4 is 11.1 Å². The van der Waals surface area contributed by atoms with Gasteiger partial charge in [-0.15, -0.1) is 0 Å². The number of amides is 1. The highest BCUT2D eigenvalue weighted by Gasteiger charge is 2.11. The molecule has 3 N–H and O–H groups in total. The van der Waals surface area contributed by atoms with Crippen LogP contribution in [0.25, 0.3) is 0 Å². The number of anilines is 2. The highest BCUT2D eigenvalue weighted by atomic mass is 35.5. The number of aryl methyl sites for hydroxylation is 2. The summed E-state index contributed by atoms with van der Waals surface area (Å²) in [5.74, 6) is -1.07. The topological polar surface area (TPSA) is 55.1 Å². The van der Waals surface area contributed by atoms with Crippen LogP contribution in [0, 0.1) is 19.7 Å². The highest BCUT2D eigenvalue weighted by molar-refractivity contribution is 6.30. The normalized spacial score (nSPS) is 10.4. The zero-order chi connectivity index (χ0) is 14.9. The smallest absolute Gasteiger partial charge is 0.255 e. The van der Waals surface area contributed by atoms with E-state index < -0.39 is 11.7 Å². The zero-order valence-electron chi connectivity index (χ0n) is 11.1. The van der Waals surface area contributed by atoms with Gasteiger partial charge < -0.3 is 11.1 Å². The molecule has 0 radical (unpaired) electrons. The maximum atomic E-state index is 13.3. The molecule has 3 nitrogen and oxygen atoms in total. The average Bonchev–Trinajstić information content (AvgIpc) is 2.39. The van der Waals surface area contributed by atoms with E-state index in [4.69, 9.17) is 17.3 Å². The molecule has 20 heavy (non-hydrogen) atoms. The number of nitrogens with two attached hydrogens (primary N) is 1. The van der Waals surface area contributed by atoms with E-state index in [0.717, 1.165) is 17.2 Å². The summed E-state index contributed by atoms with van der Waals surface area (Å²) in [6, 6.07) is 7.46. The van der Waals surface area contributed by atoms with Crippen molar-refractivity contribution in [2.24, 2.45) is 0 Å². The van der Waals surface area contributed by atoms with Crippen molar-refractivity contribution in [3.8, 4) is 0 Å². The monoisotopic (exact) mass is 292 g/mol. The number of benzene rings is 2. The van der Waals surface area contributed by atoms with Crippen LogP contribution in [0.3, 0.4) is 0 Å². The summed E-state index contributed by atoms with van der Waals surface area (Å²) in [6.45, 7) is 3.86. The number of nitrogen functional groups attached to an aromatic ring is 1. The summed E-state index contributed by atoms with van der Waals surface area (Å²) in [6.07, 6.45) is 0. The van der Waals surface area contributed by atoms with Gasteiger partial charge in [-0.1, -0.05) is 11.6 Å². The number of hydrogen-bond acceptors (Lipinski definition) is 2. The second-order valence-corrected chi connectivity index (χ2v) is 5.01. The van der Waals surface area contributed by atoms with E-state index in [-0.39, 0.29) is 10.6 Å². The summed E-state index contributed by atoms with van der Waals surface area (Å²) in [5, 5.41) is 2.65. The van der Waals surface area contributed by atoms with Crippen molar-refractivity contribution < 1.29 is 9.18 Å². The first-order chi connectivity index (χ1) is 9.38. The number of halogens is 2. The van der Waals surface area contributed by atoms with Crippen LogP contribution in [-0.2, 0) is 0 Å². The summed E-state index contributed by atoms with van der Waals surface area (Å²) >= 11 is 5.58. The average molecular weight is 293 g/mol. The Kier molecular flexibility index (Phi) is 3.95. The Labute approximate surface area is 121 Å². The first-order valence-electron chi connectivity index (χ1n) is 6.01. The van der Waals surface area contributed by atoms with Crippen molar-refractivity contribution >= 4 is 28.9 Å². The van der Waals surface area contributed by atoms with Crippen molar-refractivity contribution in [1.29, 1.82) is 0 Å². The van der Waals surface area contributed by atoms with Gasteiger partial charge in [-0.3, -0.25) is 4.79 Å². The second kappa shape index (κ2) is 5.51. The van der Waals surface area contributed by atoms with E-state index in [9.17, 15) is 9.18 Å². The van der Waals surface area contributed by atoms with E-state index in [1.807, 2.05) is 13.8 Å². The standard InChI is InChI=1S/C15H14ClFN2O/c1-8-5-13(18)14(6-9(8)2)19-15(20)10-3-4-11(16)12(17)7-10/h3-7H,18H2,1-2H3,(H,19,20). The summed E-state index contributed by atoms with van der Waals surface area (Å²) in [7, 11) is 0. The summed E-state index contributed by atoms with van der Waals surface area (Å²) < 4.78 is 13.3. The Balaban J connectivity index is 2.27. The number of hydrogen-bond donors (Lipinski definition) is 2. The quantitative estimate of drug-likeness (QED) is 0.824. The Morgan fingerprint density at radius 2 is 1.85 bits per heavy atom. The molecule has 1 amide bonds. The number of carbonyl (C=O) groups excluding carboxylic acids is 1. The lowest BCUT2D eigenvalue weighted by Crippen LogP contribution is -2.13. The predicted octanol–water partition coefficient (Wildman–Crippen LogP) is 3.93. The fourth-order valence-corrected chi connectivity index (χ4v) is 1.90. The molecule has 0 atom stereocenters. The fraction of sp³-hybridized carbons (Fsp3) is 0.133. The Bertz CT molecular complexity index is 686. The maximum Gasteiger partial charge on any atom is 0.255 e. The second-order valence-electron chi connectivity index (χ2n) is 4.61. The van der Waals surface area contributed by atoms with Crippen LogP contribution in [0.15, 0.2) is 30.3 Å². The third-order valence-electron chi connectivity index (χ3n) is 3.10. The maximum absolute atomic E-state index is 13.3. The van der Waals surface area contributed by atoms with Crippen LogP contribution >= 0.6 is 11.6 Å². The van der Waals surface area contributed by atoms with Gasteiger partial charge in [0.1, 0.15) is 5.82 Å². The van der Waals surface area contributed by atoms with Gasteiger partial charge in [0.05, 0.1) is 16.4 Å². The Hall–Kier alpha value is -2.07. The third-order valence-corrected chi connectivity index (χ3v) is 3.40. The molecule has 5 heteroatoms. The third kappa shape index (κ3) is 2.91. The largest absolute Gasteiger partial charge is 0.397 e. The molecule has 2 rings (SSSR count). The molecule has 0 unspecified atom stereocenters. The molecule has 0 fully saturated rings. The van der Waals surface area contributed by atoms with Crippen molar-refractivity contribution in [1.82, 2.24) is 0 Å². The molecule has 2 aromatic rings. The molecule has 0 aliphatic carbocycles. The summed E-state index contributed by atoms with van der Waals surface area (Å²) in [4.78, 5) is 12.0. The number of rotatable bonds is 2. The van der Waals surface area contributed by atoms with Gasteiger partial charge in [0.15, 0.2) is 0 Å². The SMILES string of the molecule is Cc1cc(N)c(NC(=O)c2ccc(Cl)c(F)c2)cc1C. The van der Waals surface area contributed by atoms with Crippen LogP contribution in [0.4, 0.5) is 15.8 Å². The molecule has 0 saturated carbocycles. The molecule has 0 saturated heterocycles. The van der Waals surface area contributed by atoms with E-state index in [2.05, 4.69) is 5.32 Å². The van der Waals surface area contributed by atoms with Crippen LogP contribution in [0.1, 0.15) is 21.5 Å². The van der Waals surface area contributed by atoms with Crippen molar-refractivity contribution in [3.05, 3.63) is 57.9 Å². The molecule has 0 bridgehead atoms. The van der Waals surface area contributed by atoms with Crippen molar-refractivity contribution in [3.63, 3.8) is 0 Å². The predicted molar refractivity (Wildman–Crippen MR) is 79.7 cm³/mol. The minimum absolute atomic E-state index is 0.0211. The Morgan fingerprint density at radius 3 is 2.50 bits per heavy atom. The number of nitrogens with one attached hydrogen (secondary N) is 1. The lowest BCUT2D eigenvalue weighted by molar-refractivity contribution is 0.102. The van der Waals surface area contributed by atoms with E-state index in [0.29, 0.717) is 11.4 Å².